The summed E-state index contributed by atoms with van der Waals surface area (Å²) in [4.78, 5) is 5.42. The summed E-state index contributed by atoms with van der Waals surface area (Å²) in [6, 6.07) is 21.0. The van der Waals surface area contributed by atoms with Gasteiger partial charge in [0.2, 0.25) is 0 Å². The molecule has 1 heterocycles. The van der Waals surface area contributed by atoms with Gasteiger partial charge >= 0.3 is 0 Å². The number of aryl methyl sites for hydroxylation is 2. The third-order valence-corrected chi connectivity index (χ3v) is 6.44. The van der Waals surface area contributed by atoms with E-state index >= 15 is 0 Å². The molecule has 2 aromatic rings. The van der Waals surface area contributed by atoms with E-state index in [-0.39, 0.29) is 0 Å². The Morgan fingerprint density at radius 2 is 1.33 bits per heavy atom. The Balaban J connectivity index is 1.26. The first kappa shape index (κ1) is 18.7. The highest BCUT2D eigenvalue weighted by Crippen LogP contribution is 2.24. The third-order valence-electron chi connectivity index (χ3n) is 6.44. The van der Waals surface area contributed by atoms with Gasteiger partial charge in [0.25, 0.3) is 0 Å². The minimum absolute atomic E-state index is 0.877. The molecule has 0 N–H and O–H groups in total. The van der Waals surface area contributed by atoms with Crippen LogP contribution in [0.25, 0.3) is 0 Å². The van der Waals surface area contributed by atoms with Gasteiger partial charge in [-0.15, -0.1) is 0 Å². The number of nitrogens with zero attached hydrogens (tertiary/aromatic N) is 2. The van der Waals surface area contributed by atoms with Gasteiger partial charge in [-0.2, -0.15) is 0 Å². The lowest BCUT2D eigenvalue weighted by Gasteiger charge is -2.40. The Hall–Kier alpha value is -1.64. The molecule has 0 atom stereocenters. The second kappa shape index (κ2) is 9.52. The van der Waals surface area contributed by atoms with Gasteiger partial charge in [0.15, 0.2) is 0 Å². The molecular weight excluding hydrogens is 328 g/mol. The van der Waals surface area contributed by atoms with Crippen LogP contribution in [-0.4, -0.2) is 42.0 Å². The smallest absolute Gasteiger partial charge is 0.0234 e. The highest BCUT2D eigenvalue weighted by atomic mass is 15.3. The van der Waals surface area contributed by atoms with E-state index in [2.05, 4.69) is 64.4 Å². The molecule has 0 radical (unpaired) electrons. The maximum atomic E-state index is 2.77. The maximum absolute atomic E-state index is 2.77. The van der Waals surface area contributed by atoms with Crippen LogP contribution < -0.4 is 0 Å². The Kier molecular flexibility index (Phi) is 6.60. The van der Waals surface area contributed by atoms with Crippen molar-refractivity contribution in [3.63, 3.8) is 0 Å². The molecule has 1 aliphatic heterocycles. The van der Waals surface area contributed by atoms with Crippen molar-refractivity contribution in [2.45, 2.75) is 57.5 Å². The SMILES string of the molecule is c1ccc(CCc2cccc(CN3CCN(C4CCCCC4)CC3)c2)cc1. The average molecular weight is 363 g/mol. The van der Waals surface area contributed by atoms with E-state index in [0.29, 0.717) is 0 Å². The molecule has 4 rings (SSSR count). The lowest BCUT2D eigenvalue weighted by Crippen LogP contribution is -2.50. The summed E-state index contributed by atoms with van der Waals surface area (Å²) >= 11 is 0. The van der Waals surface area contributed by atoms with E-state index in [4.69, 9.17) is 0 Å². The highest BCUT2D eigenvalue weighted by Gasteiger charge is 2.24. The molecule has 2 nitrogen and oxygen atoms in total. The summed E-state index contributed by atoms with van der Waals surface area (Å²) in [6.45, 7) is 6.09. The second-order valence-electron chi connectivity index (χ2n) is 8.41. The fourth-order valence-electron chi connectivity index (χ4n) is 4.81. The van der Waals surface area contributed by atoms with Crippen LogP contribution in [0, 0.1) is 0 Å². The molecule has 2 heteroatoms. The summed E-state index contributed by atoms with van der Waals surface area (Å²) < 4.78 is 0. The molecule has 2 fully saturated rings. The van der Waals surface area contributed by atoms with Crippen molar-refractivity contribution in [2.75, 3.05) is 26.2 Å². The fraction of sp³-hybridized carbons (Fsp3) is 0.520. The summed E-state index contributed by atoms with van der Waals surface area (Å²) in [5.41, 5.74) is 4.38. The number of hydrogen-bond donors (Lipinski definition) is 0. The Bertz CT molecular complexity index is 682. The van der Waals surface area contributed by atoms with Crippen LogP contribution in [0.1, 0.15) is 48.8 Å². The topological polar surface area (TPSA) is 6.48 Å². The minimum atomic E-state index is 0.877. The van der Waals surface area contributed by atoms with Crippen molar-refractivity contribution < 1.29 is 0 Å². The van der Waals surface area contributed by atoms with Crippen LogP contribution >= 0.6 is 0 Å². The second-order valence-corrected chi connectivity index (χ2v) is 8.41. The lowest BCUT2D eigenvalue weighted by atomic mass is 9.94. The molecular formula is C25H34N2. The minimum Gasteiger partial charge on any atom is -0.298 e. The summed E-state index contributed by atoms with van der Waals surface area (Å²) in [7, 11) is 0. The number of piperazine rings is 1. The monoisotopic (exact) mass is 362 g/mol. The van der Waals surface area contributed by atoms with Gasteiger partial charge in [0, 0.05) is 38.8 Å². The quantitative estimate of drug-likeness (QED) is 0.719. The normalized spacial score (nSPS) is 20.0. The van der Waals surface area contributed by atoms with Crippen molar-refractivity contribution in [2.24, 2.45) is 0 Å². The summed E-state index contributed by atoms with van der Waals surface area (Å²) in [5.74, 6) is 0. The summed E-state index contributed by atoms with van der Waals surface area (Å²) in [5, 5.41) is 0. The molecule has 144 valence electrons. The van der Waals surface area contributed by atoms with E-state index in [9.17, 15) is 0 Å². The Morgan fingerprint density at radius 1 is 0.667 bits per heavy atom. The van der Waals surface area contributed by atoms with Gasteiger partial charge in [0.05, 0.1) is 0 Å². The summed E-state index contributed by atoms with van der Waals surface area (Å²) in [6.07, 6.45) is 9.48. The van der Waals surface area contributed by atoms with Gasteiger partial charge in [0.1, 0.15) is 0 Å². The Labute approximate surface area is 165 Å². The predicted molar refractivity (Wildman–Crippen MR) is 114 cm³/mol. The molecule has 1 saturated carbocycles. The van der Waals surface area contributed by atoms with Crippen LogP contribution in [0.15, 0.2) is 54.6 Å². The first-order valence-corrected chi connectivity index (χ1v) is 10.9. The van der Waals surface area contributed by atoms with Crippen molar-refractivity contribution in [3.05, 3.63) is 71.3 Å². The first-order valence-electron chi connectivity index (χ1n) is 10.9. The van der Waals surface area contributed by atoms with E-state index in [1.54, 1.807) is 0 Å². The molecule has 0 spiro atoms. The van der Waals surface area contributed by atoms with Gasteiger partial charge in [-0.3, -0.25) is 9.80 Å². The number of benzene rings is 2. The number of hydrogen-bond acceptors (Lipinski definition) is 2. The molecule has 27 heavy (non-hydrogen) atoms. The molecule has 1 aliphatic carbocycles. The maximum Gasteiger partial charge on any atom is 0.0234 e. The van der Waals surface area contributed by atoms with Gasteiger partial charge in [-0.25, -0.2) is 0 Å². The highest BCUT2D eigenvalue weighted by molar-refractivity contribution is 5.25. The van der Waals surface area contributed by atoms with Gasteiger partial charge in [-0.05, 0) is 42.4 Å². The first-order chi connectivity index (χ1) is 13.4. The van der Waals surface area contributed by atoms with E-state index in [1.807, 2.05) is 0 Å². The van der Waals surface area contributed by atoms with Crippen molar-refractivity contribution in [3.8, 4) is 0 Å². The van der Waals surface area contributed by atoms with E-state index in [1.165, 1.54) is 75.0 Å². The van der Waals surface area contributed by atoms with Crippen LogP contribution in [0.2, 0.25) is 0 Å². The molecule has 2 aromatic carbocycles. The average Bonchev–Trinajstić information content (AvgIpc) is 2.75. The van der Waals surface area contributed by atoms with Crippen LogP contribution in [0.3, 0.4) is 0 Å². The largest absolute Gasteiger partial charge is 0.298 e. The van der Waals surface area contributed by atoms with Crippen molar-refractivity contribution in [1.82, 2.24) is 9.80 Å². The van der Waals surface area contributed by atoms with Crippen LogP contribution in [-0.2, 0) is 19.4 Å². The molecule has 0 amide bonds. The lowest BCUT2D eigenvalue weighted by molar-refractivity contribution is 0.0755. The molecule has 0 bridgehead atoms. The Morgan fingerprint density at radius 3 is 2.11 bits per heavy atom. The zero-order chi connectivity index (χ0) is 18.3. The van der Waals surface area contributed by atoms with E-state index < -0.39 is 0 Å². The van der Waals surface area contributed by atoms with Gasteiger partial charge < -0.3 is 0 Å². The fourth-order valence-corrected chi connectivity index (χ4v) is 4.81. The zero-order valence-corrected chi connectivity index (χ0v) is 16.7. The predicted octanol–water partition coefficient (Wildman–Crippen LogP) is 4.92. The standard InChI is InChI=1S/C25H34N2/c1-3-8-22(9-4-1)14-15-23-10-7-11-24(20-23)21-26-16-18-27(19-17-26)25-12-5-2-6-13-25/h1,3-4,7-11,20,25H,2,5-6,12-19,21H2. The molecule has 2 aliphatic rings. The molecule has 1 saturated heterocycles. The van der Waals surface area contributed by atoms with Gasteiger partial charge in [-0.1, -0.05) is 73.9 Å². The zero-order valence-electron chi connectivity index (χ0n) is 16.7. The van der Waals surface area contributed by atoms with E-state index in [0.717, 1.165) is 25.4 Å². The number of rotatable bonds is 6. The van der Waals surface area contributed by atoms with Crippen molar-refractivity contribution in [1.29, 1.82) is 0 Å². The third kappa shape index (κ3) is 5.43. The van der Waals surface area contributed by atoms with Crippen LogP contribution in [0.5, 0.6) is 0 Å². The van der Waals surface area contributed by atoms with Crippen LogP contribution in [0.4, 0.5) is 0 Å². The molecule has 0 aromatic heterocycles. The molecule has 0 unspecified atom stereocenters. The van der Waals surface area contributed by atoms with Crippen molar-refractivity contribution >= 4 is 0 Å².